The summed E-state index contributed by atoms with van der Waals surface area (Å²) in [6, 6.07) is -0.838. The average Bonchev–Trinajstić information content (AvgIpc) is 3.39. The first-order valence-corrected chi connectivity index (χ1v) is 27.6. The van der Waals surface area contributed by atoms with Gasteiger partial charge in [-0.1, -0.05) is 181 Å². The van der Waals surface area contributed by atoms with E-state index in [1.54, 1.807) is 0 Å². The van der Waals surface area contributed by atoms with Crippen molar-refractivity contribution in [1.82, 2.24) is 5.32 Å². The number of allylic oxidation sites excluding steroid dienone is 18. The summed E-state index contributed by atoms with van der Waals surface area (Å²) in [7, 11) is 0. The Kier molecular flexibility index (Phi) is 39.5. The van der Waals surface area contributed by atoms with E-state index in [1.807, 2.05) is 0 Å². The lowest BCUT2D eigenvalue weighted by molar-refractivity contribution is -0.359. The van der Waals surface area contributed by atoms with E-state index in [4.69, 9.17) is 18.9 Å². The number of unbranched alkanes of at least 4 members (excludes halogenated alkanes) is 10. The van der Waals surface area contributed by atoms with E-state index in [9.17, 15) is 45.6 Å². The van der Waals surface area contributed by atoms with Crippen molar-refractivity contribution < 1.29 is 64.6 Å². The molecular weight excluding hydrogens is 931 g/mol. The van der Waals surface area contributed by atoms with E-state index in [2.05, 4.69) is 129 Å². The number of ether oxygens (including phenoxy) is 4. The van der Waals surface area contributed by atoms with Crippen molar-refractivity contribution in [3.05, 3.63) is 109 Å². The highest BCUT2D eigenvalue weighted by Gasteiger charge is 2.51. The Hall–Kier alpha value is -3.35. The molecule has 0 aromatic carbocycles. The first-order valence-electron chi connectivity index (χ1n) is 27.6. The van der Waals surface area contributed by atoms with E-state index in [-0.39, 0.29) is 18.9 Å². The Morgan fingerprint density at radius 1 is 0.507 bits per heavy atom. The summed E-state index contributed by atoms with van der Waals surface area (Å²) in [5.74, 6) is -0.234. The number of aliphatic hydroxyl groups excluding tert-OH is 8. The summed E-state index contributed by atoms with van der Waals surface area (Å²) in [5.41, 5.74) is 0. The van der Waals surface area contributed by atoms with Crippen molar-refractivity contribution in [1.29, 1.82) is 0 Å². The zero-order valence-corrected chi connectivity index (χ0v) is 44.3. The Morgan fingerprint density at radius 3 is 1.44 bits per heavy atom. The zero-order valence-electron chi connectivity index (χ0n) is 44.3. The summed E-state index contributed by atoms with van der Waals surface area (Å²) in [6.07, 6.45) is 44.7. The Bertz CT molecular complexity index is 1640. The monoisotopic (exact) mass is 1030 g/mol. The fraction of sp³-hybridized carbons (Fsp3) is 0.678. The smallest absolute Gasteiger partial charge is 0.220 e. The van der Waals surface area contributed by atoms with Crippen LogP contribution in [0.5, 0.6) is 0 Å². The van der Waals surface area contributed by atoms with Gasteiger partial charge >= 0.3 is 0 Å². The van der Waals surface area contributed by atoms with Crippen LogP contribution in [0.25, 0.3) is 0 Å². The molecule has 0 radical (unpaired) electrons. The molecule has 0 aliphatic carbocycles. The Labute approximate surface area is 438 Å². The van der Waals surface area contributed by atoms with Crippen molar-refractivity contribution in [2.24, 2.45) is 0 Å². The minimum absolute atomic E-state index is 0.234. The van der Waals surface area contributed by atoms with Gasteiger partial charge in [0, 0.05) is 6.42 Å². The van der Waals surface area contributed by atoms with Gasteiger partial charge in [0.15, 0.2) is 12.6 Å². The fourth-order valence-electron chi connectivity index (χ4n) is 8.29. The number of amides is 1. The molecule has 0 saturated carbocycles. The second kappa shape index (κ2) is 43.8. The summed E-state index contributed by atoms with van der Waals surface area (Å²) < 4.78 is 22.6. The molecule has 2 fully saturated rings. The van der Waals surface area contributed by atoms with Gasteiger partial charge in [-0.05, 0) is 83.5 Å². The van der Waals surface area contributed by atoms with Crippen molar-refractivity contribution in [2.75, 3.05) is 19.8 Å². The minimum Gasteiger partial charge on any atom is -0.394 e. The highest BCUT2D eigenvalue weighted by molar-refractivity contribution is 5.76. The van der Waals surface area contributed by atoms with Gasteiger partial charge in [0.25, 0.3) is 0 Å². The third kappa shape index (κ3) is 30.1. The van der Waals surface area contributed by atoms with Crippen LogP contribution >= 0.6 is 0 Å². The lowest BCUT2D eigenvalue weighted by Gasteiger charge is -2.46. The zero-order chi connectivity index (χ0) is 53.2. The molecule has 2 heterocycles. The first-order chi connectivity index (χ1) is 35.6. The molecule has 1 amide bonds. The molecular formula is C59H97NO13. The molecule has 2 aliphatic heterocycles. The third-order valence-corrected chi connectivity index (χ3v) is 12.8. The SMILES string of the molecule is CC/C=C\C/C=C\C/C=C\C/C=C\C/C=C\C/C=C\C/C=C\C/C=C\C/C=C\CCCCCCCCCC(=O)NC(COC1OC(CO)C(OC2OC(CO)C(O)C(O)C2O)C(O)C1O)C(O)CCCCCC. The van der Waals surface area contributed by atoms with Crippen molar-refractivity contribution in [3.63, 3.8) is 0 Å². The molecule has 2 aliphatic rings. The molecule has 0 bridgehead atoms. The third-order valence-electron chi connectivity index (χ3n) is 12.8. The molecule has 9 N–H and O–H groups in total. The van der Waals surface area contributed by atoms with Crippen molar-refractivity contribution in [3.8, 4) is 0 Å². The van der Waals surface area contributed by atoms with E-state index < -0.39 is 86.8 Å². The molecule has 2 saturated heterocycles. The van der Waals surface area contributed by atoms with E-state index >= 15 is 0 Å². The minimum atomic E-state index is -1.79. The Balaban J connectivity index is 1.58. The van der Waals surface area contributed by atoms with Gasteiger partial charge in [-0.15, -0.1) is 0 Å². The number of carbonyl (C=O) groups is 1. The van der Waals surface area contributed by atoms with Crippen molar-refractivity contribution in [2.45, 2.75) is 235 Å². The molecule has 416 valence electrons. The van der Waals surface area contributed by atoms with E-state index in [1.165, 1.54) is 6.42 Å². The highest BCUT2D eigenvalue weighted by Crippen LogP contribution is 2.30. The number of hydrogen-bond donors (Lipinski definition) is 9. The molecule has 14 heteroatoms. The molecule has 14 nitrogen and oxygen atoms in total. The second-order valence-corrected chi connectivity index (χ2v) is 19.0. The lowest BCUT2D eigenvalue weighted by atomic mass is 9.97. The maximum absolute atomic E-state index is 13.1. The number of rotatable bonds is 41. The van der Waals surface area contributed by atoms with Crippen LogP contribution < -0.4 is 5.32 Å². The molecule has 0 aromatic rings. The van der Waals surface area contributed by atoms with Crippen LogP contribution in [0.1, 0.15) is 162 Å². The predicted octanol–water partition coefficient (Wildman–Crippen LogP) is 8.49. The highest BCUT2D eigenvalue weighted by atomic mass is 16.7. The molecule has 2 rings (SSSR count). The molecule has 0 aromatic heterocycles. The van der Waals surface area contributed by atoms with Crippen LogP contribution in [-0.4, -0.2) is 140 Å². The van der Waals surface area contributed by atoms with Gasteiger partial charge < -0.3 is 65.1 Å². The van der Waals surface area contributed by atoms with E-state index in [0.717, 1.165) is 122 Å². The van der Waals surface area contributed by atoms with Crippen molar-refractivity contribution >= 4 is 5.91 Å². The predicted molar refractivity (Wildman–Crippen MR) is 290 cm³/mol. The largest absolute Gasteiger partial charge is 0.394 e. The van der Waals surface area contributed by atoms with Crippen LogP contribution in [0.2, 0.25) is 0 Å². The summed E-state index contributed by atoms with van der Waals surface area (Å²) >= 11 is 0. The van der Waals surface area contributed by atoms with Gasteiger partial charge in [-0.3, -0.25) is 4.79 Å². The maximum Gasteiger partial charge on any atom is 0.220 e. The second-order valence-electron chi connectivity index (χ2n) is 19.0. The quantitative estimate of drug-likeness (QED) is 0.0207. The summed E-state index contributed by atoms with van der Waals surface area (Å²) in [5, 5.41) is 86.3. The van der Waals surface area contributed by atoms with Gasteiger partial charge in [-0.25, -0.2) is 0 Å². The molecule has 0 spiro atoms. The number of nitrogens with one attached hydrogen (secondary N) is 1. The van der Waals surface area contributed by atoms with Crippen LogP contribution in [0.15, 0.2) is 109 Å². The van der Waals surface area contributed by atoms with Crippen LogP contribution in [-0.2, 0) is 23.7 Å². The fourth-order valence-corrected chi connectivity index (χ4v) is 8.29. The van der Waals surface area contributed by atoms with Gasteiger partial charge in [-0.2, -0.15) is 0 Å². The van der Waals surface area contributed by atoms with Crippen LogP contribution in [0, 0.1) is 0 Å². The van der Waals surface area contributed by atoms with Gasteiger partial charge in [0.2, 0.25) is 5.91 Å². The standard InChI is InChI=1S/C59H97NO13/c1-3-5-7-9-10-11-12-13-14-15-16-17-18-19-20-21-22-23-24-25-26-27-28-29-30-31-32-33-34-35-36-37-38-39-41-43-51(64)60-47(48(63)42-40-8-6-4-2)46-70-58-56(69)54(67)57(50(45-62)72-58)73-59-55(68)53(66)52(65)49(44-61)71-59/h5,7,10-11,13-14,16-17,19-20,22-23,25-26,28-29,31-32,47-50,52-59,61-63,65-69H,3-4,6,8-9,12,15,18,21,24,27,30,33-46H2,1-2H3,(H,60,64)/b7-5-,11-10-,14-13-,17-16-,20-19-,23-22-,26-25-,29-28-,32-31-. The number of hydrogen-bond acceptors (Lipinski definition) is 13. The molecule has 12 unspecified atom stereocenters. The normalized spacial score (nSPS) is 26.3. The maximum atomic E-state index is 13.1. The topological polar surface area (TPSA) is 228 Å². The summed E-state index contributed by atoms with van der Waals surface area (Å²) in [6.45, 7) is 2.56. The van der Waals surface area contributed by atoms with Gasteiger partial charge in [0.1, 0.15) is 48.8 Å². The number of aliphatic hydroxyl groups is 8. The van der Waals surface area contributed by atoms with Crippen LogP contribution in [0.4, 0.5) is 0 Å². The van der Waals surface area contributed by atoms with E-state index in [0.29, 0.717) is 12.8 Å². The lowest BCUT2D eigenvalue weighted by Crippen LogP contribution is -2.65. The molecule has 73 heavy (non-hydrogen) atoms. The van der Waals surface area contributed by atoms with Gasteiger partial charge in [0.05, 0.1) is 32.0 Å². The Morgan fingerprint density at radius 2 is 0.945 bits per heavy atom. The first kappa shape index (κ1) is 65.8. The van der Waals surface area contributed by atoms with Crippen LogP contribution in [0.3, 0.4) is 0 Å². The average molecular weight is 1030 g/mol. The number of carbonyl (C=O) groups excluding carboxylic acids is 1. The molecule has 12 atom stereocenters. The summed E-state index contributed by atoms with van der Waals surface area (Å²) in [4.78, 5) is 13.1.